The van der Waals surface area contributed by atoms with E-state index in [-0.39, 0.29) is 16.5 Å². The predicted octanol–water partition coefficient (Wildman–Crippen LogP) is 5.03. The Morgan fingerprint density at radius 3 is 2.31 bits per heavy atom. The maximum Gasteiger partial charge on any atom is 0.337 e. The van der Waals surface area contributed by atoms with Gasteiger partial charge in [-0.3, -0.25) is 14.5 Å². The zero-order valence-electron chi connectivity index (χ0n) is 21.6. The molecule has 1 aromatic heterocycles. The van der Waals surface area contributed by atoms with E-state index in [1.807, 2.05) is 6.92 Å². The van der Waals surface area contributed by atoms with Crippen molar-refractivity contribution in [3.05, 3.63) is 88.5 Å². The summed E-state index contributed by atoms with van der Waals surface area (Å²) >= 11 is 1.22. The Kier molecular flexibility index (Phi) is 6.80. The van der Waals surface area contributed by atoms with E-state index in [4.69, 9.17) is 14.2 Å². The Balaban J connectivity index is 1.70. The molecule has 10 heteroatoms. The Labute approximate surface area is 227 Å². The van der Waals surface area contributed by atoms with Gasteiger partial charge >= 0.3 is 11.9 Å². The van der Waals surface area contributed by atoms with Gasteiger partial charge in [0.2, 0.25) is 0 Å². The molecule has 0 bridgehead atoms. The van der Waals surface area contributed by atoms with Crippen LogP contribution >= 0.6 is 11.3 Å². The minimum absolute atomic E-state index is 0.0905. The number of benzene rings is 3. The second-order valence-corrected chi connectivity index (χ2v) is 9.81. The van der Waals surface area contributed by atoms with E-state index in [9.17, 15) is 19.5 Å². The normalized spacial score (nSPS) is 16.5. The largest absolute Gasteiger partial charge is 0.507 e. The van der Waals surface area contributed by atoms with E-state index in [1.54, 1.807) is 74.9 Å². The second kappa shape index (κ2) is 10.2. The average molecular weight is 545 g/mol. The van der Waals surface area contributed by atoms with Crippen LogP contribution in [0.25, 0.3) is 16.0 Å². The van der Waals surface area contributed by atoms with Gasteiger partial charge in [-0.25, -0.2) is 9.78 Å². The number of aliphatic hydroxyl groups excluding tert-OH is 1. The molecule has 0 spiro atoms. The monoisotopic (exact) mass is 544 g/mol. The van der Waals surface area contributed by atoms with Crippen LogP contribution in [0.15, 0.2) is 66.2 Å². The van der Waals surface area contributed by atoms with Crippen molar-refractivity contribution >= 4 is 50.1 Å². The predicted molar refractivity (Wildman–Crippen MR) is 146 cm³/mol. The number of rotatable bonds is 6. The maximum absolute atomic E-state index is 13.5. The minimum atomic E-state index is -0.999. The number of aliphatic hydroxyl groups is 1. The first-order valence-electron chi connectivity index (χ1n) is 11.9. The van der Waals surface area contributed by atoms with Crippen molar-refractivity contribution in [3.8, 4) is 11.5 Å². The molecule has 2 heterocycles. The Bertz CT molecular complexity index is 1660. The van der Waals surface area contributed by atoms with E-state index < -0.39 is 23.7 Å². The zero-order chi connectivity index (χ0) is 27.8. The number of amides is 1. The number of fused-ring (bicyclic) bond motifs is 1. The first-order valence-corrected chi connectivity index (χ1v) is 12.7. The topological polar surface area (TPSA) is 115 Å². The number of methoxy groups -OCH3 is 3. The molecule has 9 nitrogen and oxygen atoms in total. The highest BCUT2D eigenvalue weighted by Crippen LogP contribution is 2.45. The van der Waals surface area contributed by atoms with Gasteiger partial charge in [-0.2, -0.15) is 0 Å². The van der Waals surface area contributed by atoms with Crippen molar-refractivity contribution in [1.82, 2.24) is 4.98 Å². The van der Waals surface area contributed by atoms with E-state index in [2.05, 4.69) is 4.98 Å². The summed E-state index contributed by atoms with van der Waals surface area (Å²) in [6.07, 6.45) is 0. The van der Waals surface area contributed by atoms with Crippen molar-refractivity contribution in [3.63, 3.8) is 0 Å². The number of esters is 1. The molecule has 1 saturated heterocycles. The number of anilines is 1. The van der Waals surface area contributed by atoms with E-state index in [1.165, 1.54) is 23.3 Å². The molecule has 1 aliphatic heterocycles. The summed E-state index contributed by atoms with van der Waals surface area (Å²) in [6.45, 7) is 1.81. The second-order valence-electron chi connectivity index (χ2n) is 8.80. The highest BCUT2D eigenvalue weighted by molar-refractivity contribution is 7.22. The number of hydrogen-bond acceptors (Lipinski definition) is 9. The number of Topliss-reactive ketones (excluding diaryl/α,β-unsaturated/α-hetero) is 1. The van der Waals surface area contributed by atoms with E-state index in [0.29, 0.717) is 33.7 Å². The molecule has 0 aliphatic carbocycles. The van der Waals surface area contributed by atoms with Gasteiger partial charge in [0.05, 0.1) is 48.7 Å². The molecule has 1 N–H and O–H groups in total. The third-order valence-electron chi connectivity index (χ3n) is 6.55. The van der Waals surface area contributed by atoms with Crippen LogP contribution in [0, 0.1) is 6.92 Å². The number of thiazole rings is 1. The van der Waals surface area contributed by atoms with E-state index >= 15 is 0 Å². The van der Waals surface area contributed by atoms with Gasteiger partial charge in [-0.1, -0.05) is 23.5 Å². The lowest BCUT2D eigenvalue weighted by Gasteiger charge is -2.23. The molecule has 198 valence electrons. The van der Waals surface area contributed by atoms with Gasteiger partial charge in [0.1, 0.15) is 17.3 Å². The number of ether oxygens (including phenoxy) is 3. The Morgan fingerprint density at radius 2 is 1.67 bits per heavy atom. The number of carbonyl (C=O) groups excluding carboxylic acids is 3. The Hall–Kier alpha value is -4.70. The average Bonchev–Trinajstić information content (AvgIpc) is 3.49. The van der Waals surface area contributed by atoms with Gasteiger partial charge in [-0.15, -0.1) is 0 Å². The molecule has 1 atom stereocenters. The first-order chi connectivity index (χ1) is 18.8. The summed E-state index contributed by atoms with van der Waals surface area (Å²) in [7, 11) is 4.38. The van der Waals surface area contributed by atoms with Crippen molar-refractivity contribution in [1.29, 1.82) is 0 Å². The fraction of sp³-hybridized carbons (Fsp3) is 0.172. The smallest absolute Gasteiger partial charge is 0.337 e. The van der Waals surface area contributed by atoms with Crippen molar-refractivity contribution in [2.75, 3.05) is 26.2 Å². The molecule has 1 amide bonds. The molecule has 1 aliphatic rings. The fourth-order valence-corrected chi connectivity index (χ4v) is 5.59. The lowest BCUT2D eigenvalue weighted by atomic mass is 9.94. The highest BCUT2D eigenvalue weighted by atomic mass is 32.1. The van der Waals surface area contributed by atoms with Crippen LogP contribution in [-0.4, -0.2) is 49.1 Å². The summed E-state index contributed by atoms with van der Waals surface area (Å²) in [6, 6.07) is 15.6. The van der Waals surface area contributed by atoms with E-state index in [0.717, 1.165) is 10.3 Å². The molecule has 0 unspecified atom stereocenters. The van der Waals surface area contributed by atoms with Crippen LogP contribution in [0.1, 0.15) is 33.1 Å². The number of nitrogens with zero attached hydrogens (tertiary/aromatic N) is 2. The number of carbonyl (C=O) groups is 3. The molecular weight excluding hydrogens is 520 g/mol. The molecule has 3 aromatic carbocycles. The quantitative estimate of drug-likeness (QED) is 0.155. The highest BCUT2D eigenvalue weighted by Gasteiger charge is 2.48. The van der Waals surface area contributed by atoms with Gasteiger partial charge < -0.3 is 19.3 Å². The molecule has 1 fully saturated rings. The third-order valence-corrected chi connectivity index (χ3v) is 7.57. The lowest BCUT2D eigenvalue weighted by molar-refractivity contribution is -0.132. The van der Waals surface area contributed by atoms with Crippen LogP contribution in [0.5, 0.6) is 11.5 Å². The number of aryl methyl sites for hydroxylation is 1. The summed E-state index contributed by atoms with van der Waals surface area (Å²) in [4.78, 5) is 44.9. The maximum atomic E-state index is 13.5. The summed E-state index contributed by atoms with van der Waals surface area (Å²) in [5, 5.41) is 11.7. The molecule has 0 saturated carbocycles. The molecule has 5 rings (SSSR count). The zero-order valence-corrected chi connectivity index (χ0v) is 22.4. The number of aromatic nitrogens is 1. The van der Waals surface area contributed by atoms with Gasteiger partial charge in [-0.05, 0) is 66.6 Å². The fourth-order valence-electron chi connectivity index (χ4n) is 4.57. The minimum Gasteiger partial charge on any atom is -0.507 e. The van der Waals surface area contributed by atoms with Crippen molar-refractivity contribution < 1.29 is 33.7 Å². The van der Waals surface area contributed by atoms with Crippen LogP contribution in [-0.2, 0) is 14.3 Å². The molecule has 4 aromatic rings. The van der Waals surface area contributed by atoms with Crippen LogP contribution in [0.3, 0.4) is 0 Å². The standard InChI is InChI=1S/C29H24N2O7S/c1-15-13-18(9-12-21(15)37-3)25(32)23-24(16-5-7-17(8-6-16)28(35)38-4)31(27(34)26(23)33)29-30-20-11-10-19(36-2)14-22(20)39-29/h5-14,24,32H,1-4H3/t24-/m0/s1. The van der Waals surface area contributed by atoms with Crippen LogP contribution < -0.4 is 14.4 Å². The van der Waals surface area contributed by atoms with Gasteiger partial charge in [0.25, 0.3) is 5.78 Å². The number of hydrogen-bond donors (Lipinski definition) is 1. The first kappa shape index (κ1) is 25.9. The SMILES string of the molecule is COC(=O)c1ccc([C@H]2C(=C(O)c3ccc(OC)c(C)c3)C(=O)C(=O)N2c2nc3ccc(OC)cc3s2)cc1. The summed E-state index contributed by atoms with van der Waals surface area (Å²) in [5.74, 6) is -1.28. The summed E-state index contributed by atoms with van der Waals surface area (Å²) < 4.78 is 16.2. The van der Waals surface area contributed by atoms with Crippen molar-refractivity contribution in [2.45, 2.75) is 13.0 Å². The molecular formula is C29H24N2O7S. The van der Waals surface area contributed by atoms with Crippen LogP contribution in [0.2, 0.25) is 0 Å². The van der Waals surface area contributed by atoms with Gasteiger partial charge in [0.15, 0.2) is 5.13 Å². The molecule has 0 radical (unpaired) electrons. The third kappa shape index (κ3) is 4.48. The molecule has 39 heavy (non-hydrogen) atoms. The van der Waals surface area contributed by atoms with Gasteiger partial charge in [0, 0.05) is 5.56 Å². The Morgan fingerprint density at radius 1 is 0.949 bits per heavy atom. The van der Waals surface area contributed by atoms with Crippen molar-refractivity contribution in [2.24, 2.45) is 0 Å². The summed E-state index contributed by atoms with van der Waals surface area (Å²) in [5.41, 5.74) is 2.45. The van der Waals surface area contributed by atoms with Crippen LogP contribution in [0.4, 0.5) is 5.13 Å². The number of ketones is 1. The lowest BCUT2D eigenvalue weighted by Crippen LogP contribution is -2.29.